The van der Waals surface area contributed by atoms with E-state index in [1.165, 1.54) is 69.6 Å². The third kappa shape index (κ3) is 5.24. The Bertz CT molecular complexity index is 3860. The minimum atomic E-state index is 0.653. The smallest absolute Gasteiger partial charge is 0.235 e. The third-order valence-electron chi connectivity index (χ3n) is 12.3. The summed E-state index contributed by atoms with van der Waals surface area (Å²) >= 11 is 1.81. The predicted molar refractivity (Wildman–Crippen MR) is 257 cm³/mol. The van der Waals surface area contributed by atoms with Gasteiger partial charge in [0.1, 0.15) is 0 Å². The highest BCUT2D eigenvalue weighted by Crippen LogP contribution is 2.44. The van der Waals surface area contributed by atoms with Gasteiger partial charge in [-0.25, -0.2) is 9.97 Å². The van der Waals surface area contributed by atoms with Crippen molar-refractivity contribution in [2.24, 2.45) is 0 Å². The van der Waals surface area contributed by atoms with Crippen molar-refractivity contribution >= 4 is 86.7 Å². The second-order valence-electron chi connectivity index (χ2n) is 15.8. The van der Waals surface area contributed by atoms with Crippen molar-refractivity contribution in [1.29, 1.82) is 0 Å². The lowest BCUT2D eigenvalue weighted by Gasteiger charge is -2.13. The third-order valence-corrected chi connectivity index (χ3v) is 13.5. The molecule has 0 saturated carbocycles. The van der Waals surface area contributed by atoms with Crippen LogP contribution in [0.1, 0.15) is 0 Å². The topological polar surface area (TPSA) is 35.6 Å². The quantitative estimate of drug-likeness (QED) is 0.174. The highest BCUT2D eigenvalue weighted by molar-refractivity contribution is 7.22. The van der Waals surface area contributed by atoms with E-state index in [4.69, 9.17) is 9.97 Å². The van der Waals surface area contributed by atoms with Crippen LogP contribution in [0.2, 0.25) is 0 Å². The Labute approximate surface area is 354 Å². The molecule has 0 N–H and O–H groups in total. The van der Waals surface area contributed by atoms with Gasteiger partial charge in [-0.2, -0.15) is 0 Å². The Balaban J connectivity index is 1.08. The van der Waals surface area contributed by atoms with Gasteiger partial charge in [0.05, 0.1) is 33.3 Å². The number of fused-ring (bicyclic) bond motifs is 10. The molecule has 0 radical (unpaired) electrons. The summed E-state index contributed by atoms with van der Waals surface area (Å²) in [6.45, 7) is 0. The molecule has 0 fully saturated rings. The maximum atomic E-state index is 5.57. The molecule has 0 unspecified atom stereocenters. The fourth-order valence-corrected chi connectivity index (χ4v) is 10.7. The van der Waals surface area contributed by atoms with E-state index in [0.717, 1.165) is 44.3 Å². The van der Waals surface area contributed by atoms with E-state index >= 15 is 0 Å². The first-order valence-electron chi connectivity index (χ1n) is 20.7. The molecule has 0 bridgehead atoms. The van der Waals surface area contributed by atoms with Crippen molar-refractivity contribution in [2.45, 2.75) is 0 Å². The lowest BCUT2D eigenvalue weighted by atomic mass is 9.97. The number of hydrogen-bond acceptors (Lipinski definition) is 3. The number of benzene rings is 9. The molecule has 61 heavy (non-hydrogen) atoms. The molecule has 0 aliphatic heterocycles. The lowest BCUT2D eigenvalue weighted by molar-refractivity contribution is 1.02. The molecule has 0 atom stereocenters. The van der Waals surface area contributed by atoms with Gasteiger partial charge in [-0.1, -0.05) is 140 Å². The van der Waals surface area contributed by atoms with Crippen LogP contribution in [0, 0.1) is 0 Å². The Morgan fingerprint density at radius 3 is 1.87 bits per heavy atom. The Morgan fingerprint density at radius 2 is 1.05 bits per heavy atom. The van der Waals surface area contributed by atoms with Crippen LogP contribution in [0.5, 0.6) is 0 Å². The maximum absolute atomic E-state index is 5.57. The minimum Gasteiger partial charge on any atom is -0.309 e. The summed E-state index contributed by atoms with van der Waals surface area (Å²) in [6.07, 6.45) is 0. The summed E-state index contributed by atoms with van der Waals surface area (Å²) in [5.74, 6) is 0.653. The number of para-hydroxylation sites is 2. The van der Waals surface area contributed by atoms with Crippen LogP contribution >= 0.6 is 11.3 Å². The zero-order valence-electron chi connectivity index (χ0n) is 32.8. The standard InChI is InChI=1S/C56H34N4S/c1-4-15-35(16-5-1)52-34-45-51(61-52)30-28-46-54(45)55(36-17-6-2-7-18-36)58-56(57-46)60-48-29-27-39(32-43(48)44-31-37-19-10-11-20-38(37)33-50(44)60)41-24-14-26-49-53(41)42-23-12-13-25-47(42)59(49)40-21-8-3-9-22-40/h1-34H. The Kier molecular flexibility index (Phi) is 7.44. The molecule has 0 spiro atoms. The molecule has 4 aromatic heterocycles. The zero-order valence-corrected chi connectivity index (χ0v) is 33.6. The molecule has 4 heterocycles. The summed E-state index contributed by atoms with van der Waals surface area (Å²) in [7, 11) is 0. The summed E-state index contributed by atoms with van der Waals surface area (Å²) in [5.41, 5.74) is 12.2. The largest absolute Gasteiger partial charge is 0.309 e. The number of nitrogens with zero attached hydrogens (tertiary/aromatic N) is 4. The maximum Gasteiger partial charge on any atom is 0.235 e. The second kappa shape index (κ2) is 13.3. The molecular weight excluding hydrogens is 761 g/mol. The first-order chi connectivity index (χ1) is 30.2. The van der Waals surface area contributed by atoms with Crippen molar-refractivity contribution < 1.29 is 0 Å². The van der Waals surface area contributed by atoms with Gasteiger partial charge in [-0.3, -0.25) is 4.57 Å². The SMILES string of the molecule is c1ccc(-c2cc3c(ccc4nc(-n5c6ccc(-c7cccc8c7c7ccccc7n8-c7ccccc7)cc6c6cc7ccccc7cc65)nc(-c5ccccc5)c43)s2)cc1. The van der Waals surface area contributed by atoms with E-state index < -0.39 is 0 Å². The van der Waals surface area contributed by atoms with Crippen molar-refractivity contribution in [3.63, 3.8) is 0 Å². The van der Waals surface area contributed by atoms with Crippen molar-refractivity contribution in [3.8, 4) is 44.5 Å². The van der Waals surface area contributed by atoms with Crippen LogP contribution < -0.4 is 0 Å². The van der Waals surface area contributed by atoms with Gasteiger partial charge in [0.2, 0.25) is 5.95 Å². The van der Waals surface area contributed by atoms with Gasteiger partial charge in [0.15, 0.2) is 0 Å². The highest BCUT2D eigenvalue weighted by atomic mass is 32.1. The number of rotatable bonds is 5. The van der Waals surface area contributed by atoms with Crippen LogP contribution in [-0.2, 0) is 0 Å². The number of thiophene rings is 1. The lowest BCUT2D eigenvalue weighted by Crippen LogP contribution is -2.03. The van der Waals surface area contributed by atoms with Gasteiger partial charge in [-0.15, -0.1) is 11.3 Å². The molecule has 13 rings (SSSR count). The molecule has 284 valence electrons. The molecule has 5 heteroatoms. The van der Waals surface area contributed by atoms with E-state index in [0.29, 0.717) is 5.95 Å². The van der Waals surface area contributed by atoms with Crippen molar-refractivity contribution in [2.75, 3.05) is 0 Å². The van der Waals surface area contributed by atoms with Gasteiger partial charge in [-0.05, 0) is 94.2 Å². The number of hydrogen-bond donors (Lipinski definition) is 0. The zero-order chi connectivity index (χ0) is 40.0. The molecule has 0 aliphatic carbocycles. The van der Waals surface area contributed by atoms with Crippen molar-refractivity contribution in [3.05, 3.63) is 206 Å². The summed E-state index contributed by atoms with van der Waals surface area (Å²) in [6, 6.07) is 74.3. The molecule has 4 nitrogen and oxygen atoms in total. The van der Waals surface area contributed by atoms with Gasteiger partial charge >= 0.3 is 0 Å². The molecule has 0 amide bonds. The van der Waals surface area contributed by atoms with E-state index in [1.54, 1.807) is 0 Å². The molecule has 0 aliphatic rings. The first-order valence-corrected chi connectivity index (χ1v) is 21.5. The summed E-state index contributed by atoms with van der Waals surface area (Å²) < 4.78 is 5.89. The Morgan fingerprint density at radius 1 is 0.377 bits per heavy atom. The fourth-order valence-electron chi connectivity index (χ4n) is 9.58. The normalized spacial score (nSPS) is 11.9. The second-order valence-corrected chi connectivity index (χ2v) is 16.8. The average molecular weight is 795 g/mol. The summed E-state index contributed by atoms with van der Waals surface area (Å²) in [5, 5.41) is 9.43. The number of aromatic nitrogens is 4. The van der Waals surface area contributed by atoms with Crippen LogP contribution in [0.25, 0.3) is 120 Å². The molecule has 0 saturated heterocycles. The van der Waals surface area contributed by atoms with E-state index in [9.17, 15) is 0 Å². The van der Waals surface area contributed by atoms with Crippen LogP contribution in [0.15, 0.2) is 206 Å². The van der Waals surface area contributed by atoms with Crippen LogP contribution in [-0.4, -0.2) is 19.1 Å². The van der Waals surface area contributed by atoms with E-state index in [2.05, 4.69) is 215 Å². The monoisotopic (exact) mass is 794 g/mol. The van der Waals surface area contributed by atoms with Crippen LogP contribution in [0.4, 0.5) is 0 Å². The van der Waals surface area contributed by atoms with Crippen LogP contribution in [0.3, 0.4) is 0 Å². The van der Waals surface area contributed by atoms with Gasteiger partial charge < -0.3 is 4.57 Å². The van der Waals surface area contributed by atoms with Gasteiger partial charge in [0.25, 0.3) is 0 Å². The van der Waals surface area contributed by atoms with Crippen molar-refractivity contribution in [1.82, 2.24) is 19.1 Å². The van der Waals surface area contributed by atoms with Gasteiger partial charge in [0, 0.05) is 53.1 Å². The Hall–Kier alpha value is -7.86. The first kappa shape index (κ1) is 34.0. The van der Waals surface area contributed by atoms with E-state index in [1.807, 2.05) is 11.3 Å². The summed E-state index contributed by atoms with van der Waals surface area (Å²) in [4.78, 5) is 12.3. The highest BCUT2D eigenvalue weighted by Gasteiger charge is 2.22. The minimum absolute atomic E-state index is 0.653. The predicted octanol–water partition coefficient (Wildman–Crippen LogP) is 15.2. The van der Waals surface area contributed by atoms with E-state index in [-0.39, 0.29) is 0 Å². The molecular formula is C56H34N4S. The molecule has 13 aromatic rings. The molecule has 9 aromatic carbocycles. The fraction of sp³-hybridized carbons (Fsp3) is 0. The average Bonchev–Trinajstić information content (AvgIpc) is 4.01.